The van der Waals surface area contributed by atoms with E-state index in [2.05, 4.69) is 0 Å². The topological polar surface area (TPSA) is 97.5 Å². The number of sulfone groups is 1. The van der Waals surface area contributed by atoms with Crippen molar-refractivity contribution < 1.29 is 16.8 Å². The fraction of sp³-hybridized carbons (Fsp3) is 0.455. The van der Waals surface area contributed by atoms with Gasteiger partial charge in [0.15, 0.2) is 0 Å². The van der Waals surface area contributed by atoms with Crippen LogP contribution in [0.15, 0.2) is 23.1 Å². The Kier molecular flexibility index (Phi) is 4.59. The van der Waals surface area contributed by atoms with Crippen molar-refractivity contribution in [3.63, 3.8) is 0 Å². The predicted molar refractivity (Wildman–Crippen MR) is 75.1 cm³/mol. The van der Waals surface area contributed by atoms with Gasteiger partial charge in [-0.1, -0.05) is 6.07 Å². The van der Waals surface area contributed by atoms with E-state index in [1.54, 1.807) is 19.1 Å². The number of nitrogens with zero attached hydrogens (tertiary/aromatic N) is 1. The SMILES string of the molecule is Cc1ccc(S(=O)(=O)N(C)CCS(C)(=O)=O)c(N)c1. The molecule has 0 aliphatic carbocycles. The molecular weight excluding hydrogens is 288 g/mol. The van der Waals surface area contributed by atoms with Crippen LogP contribution in [0.5, 0.6) is 0 Å². The van der Waals surface area contributed by atoms with Crippen LogP contribution in [0, 0.1) is 6.92 Å². The first-order valence-electron chi connectivity index (χ1n) is 5.54. The molecule has 1 aromatic carbocycles. The number of benzene rings is 1. The lowest BCUT2D eigenvalue weighted by Gasteiger charge is -2.18. The molecule has 19 heavy (non-hydrogen) atoms. The molecule has 0 atom stereocenters. The van der Waals surface area contributed by atoms with Gasteiger partial charge >= 0.3 is 0 Å². The largest absolute Gasteiger partial charge is 0.398 e. The Hall–Kier alpha value is -1.12. The Balaban J connectivity index is 3.03. The number of hydrogen-bond acceptors (Lipinski definition) is 5. The van der Waals surface area contributed by atoms with Gasteiger partial charge < -0.3 is 5.73 Å². The molecule has 0 amide bonds. The quantitative estimate of drug-likeness (QED) is 0.786. The van der Waals surface area contributed by atoms with Crippen LogP contribution in [0.3, 0.4) is 0 Å². The van der Waals surface area contributed by atoms with Gasteiger partial charge in [-0.25, -0.2) is 16.8 Å². The zero-order chi connectivity index (χ0) is 14.8. The molecule has 6 nitrogen and oxygen atoms in total. The van der Waals surface area contributed by atoms with Gasteiger partial charge in [-0.3, -0.25) is 0 Å². The van der Waals surface area contributed by atoms with Crippen molar-refractivity contribution >= 4 is 25.5 Å². The number of sulfonamides is 1. The normalized spacial score (nSPS) is 12.8. The summed E-state index contributed by atoms with van der Waals surface area (Å²) in [4.78, 5) is -0.00546. The maximum Gasteiger partial charge on any atom is 0.244 e. The van der Waals surface area contributed by atoms with Gasteiger partial charge in [-0.2, -0.15) is 4.31 Å². The molecule has 108 valence electrons. The van der Waals surface area contributed by atoms with Crippen LogP contribution >= 0.6 is 0 Å². The molecule has 0 aliphatic heterocycles. The van der Waals surface area contributed by atoms with Crippen LogP contribution in [-0.2, 0) is 19.9 Å². The minimum atomic E-state index is -3.76. The third kappa shape index (κ3) is 4.19. The molecular formula is C11H18N2O4S2. The molecule has 0 unspecified atom stereocenters. The second-order valence-electron chi connectivity index (χ2n) is 4.50. The van der Waals surface area contributed by atoms with E-state index in [4.69, 9.17) is 5.73 Å². The van der Waals surface area contributed by atoms with Crippen molar-refractivity contribution in [1.29, 1.82) is 0 Å². The minimum Gasteiger partial charge on any atom is -0.398 e. The van der Waals surface area contributed by atoms with Gasteiger partial charge in [0.2, 0.25) is 10.0 Å². The van der Waals surface area contributed by atoms with Crippen LogP contribution in [0.2, 0.25) is 0 Å². The Morgan fingerprint density at radius 1 is 1.21 bits per heavy atom. The average Bonchev–Trinajstić information content (AvgIpc) is 2.24. The summed E-state index contributed by atoms with van der Waals surface area (Å²) < 4.78 is 47.6. The monoisotopic (exact) mass is 306 g/mol. The van der Waals surface area contributed by atoms with Gasteiger partial charge in [0, 0.05) is 19.8 Å². The standard InChI is InChI=1S/C11H18N2O4S2/c1-9-4-5-11(10(12)8-9)19(16,17)13(2)6-7-18(3,14)15/h4-5,8H,6-7,12H2,1-3H3. The van der Waals surface area contributed by atoms with E-state index in [1.807, 2.05) is 0 Å². The lowest BCUT2D eigenvalue weighted by molar-refractivity contribution is 0.485. The molecule has 0 heterocycles. The summed E-state index contributed by atoms with van der Waals surface area (Å²) in [5, 5.41) is 0. The predicted octanol–water partition coefficient (Wildman–Crippen LogP) is 0.242. The smallest absolute Gasteiger partial charge is 0.244 e. The number of rotatable bonds is 5. The van der Waals surface area contributed by atoms with Crippen LogP contribution in [-0.4, -0.2) is 46.7 Å². The van der Waals surface area contributed by atoms with E-state index in [0.29, 0.717) is 0 Å². The molecule has 0 fully saturated rings. The second kappa shape index (κ2) is 5.48. The minimum absolute atomic E-state index is 0.00546. The number of nitrogens with two attached hydrogens (primary N) is 1. The third-order valence-electron chi connectivity index (χ3n) is 2.63. The Bertz CT molecular complexity index is 666. The Morgan fingerprint density at radius 3 is 2.26 bits per heavy atom. The lowest BCUT2D eigenvalue weighted by atomic mass is 10.2. The summed E-state index contributed by atoms with van der Waals surface area (Å²) in [6.07, 6.45) is 1.06. The highest BCUT2D eigenvalue weighted by Crippen LogP contribution is 2.22. The van der Waals surface area contributed by atoms with E-state index in [0.717, 1.165) is 16.1 Å². The summed E-state index contributed by atoms with van der Waals surface area (Å²) >= 11 is 0. The molecule has 0 saturated heterocycles. The van der Waals surface area contributed by atoms with Crippen LogP contribution < -0.4 is 5.73 Å². The first kappa shape index (κ1) is 15.9. The highest BCUT2D eigenvalue weighted by molar-refractivity contribution is 7.91. The molecule has 1 rings (SSSR count). The van der Waals surface area contributed by atoms with Crippen molar-refractivity contribution in [1.82, 2.24) is 4.31 Å². The maximum atomic E-state index is 12.2. The molecule has 0 aromatic heterocycles. The van der Waals surface area contributed by atoms with Gasteiger partial charge in [-0.05, 0) is 24.6 Å². The van der Waals surface area contributed by atoms with Crippen molar-refractivity contribution in [2.45, 2.75) is 11.8 Å². The first-order chi connectivity index (χ1) is 8.54. The van der Waals surface area contributed by atoms with Crippen molar-refractivity contribution in [3.8, 4) is 0 Å². The van der Waals surface area contributed by atoms with Crippen LogP contribution in [0.4, 0.5) is 5.69 Å². The fourth-order valence-electron chi connectivity index (χ4n) is 1.49. The number of hydrogen-bond donors (Lipinski definition) is 1. The van der Waals surface area contributed by atoms with Gasteiger partial charge in [0.05, 0.1) is 11.4 Å². The van der Waals surface area contributed by atoms with Crippen molar-refractivity contribution in [3.05, 3.63) is 23.8 Å². The Morgan fingerprint density at radius 2 is 1.79 bits per heavy atom. The highest BCUT2D eigenvalue weighted by atomic mass is 32.2. The zero-order valence-electron chi connectivity index (χ0n) is 11.1. The molecule has 0 spiro atoms. The van der Waals surface area contributed by atoms with Crippen molar-refractivity contribution in [2.75, 3.05) is 31.3 Å². The number of anilines is 1. The number of aryl methyl sites for hydroxylation is 1. The van der Waals surface area contributed by atoms with E-state index < -0.39 is 19.9 Å². The van der Waals surface area contributed by atoms with Crippen LogP contribution in [0.25, 0.3) is 0 Å². The summed E-state index contributed by atoms with van der Waals surface area (Å²) in [7, 11) is -5.65. The summed E-state index contributed by atoms with van der Waals surface area (Å²) in [6, 6.07) is 4.64. The zero-order valence-corrected chi connectivity index (χ0v) is 12.8. The summed E-state index contributed by atoms with van der Waals surface area (Å²) in [5.74, 6) is -0.228. The highest BCUT2D eigenvalue weighted by Gasteiger charge is 2.23. The lowest BCUT2D eigenvalue weighted by Crippen LogP contribution is -2.32. The van der Waals surface area contributed by atoms with E-state index in [-0.39, 0.29) is 22.9 Å². The molecule has 0 saturated carbocycles. The summed E-state index contributed by atoms with van der Waals surface area (Å²) in [6.45, 7) is 1.70. The molecule has 1 aromatic rings. The molecule has 0 aliphatic rings. The van der Waals surface area contributed by atoms with E-state index in [1.165, 1.54) is 13.1 Å². The second-order valence-corrected chi connectivity index (χ2v) is 8.77. The fourth-order valence-corrected chi connectivity index (χ4v) is 3.47. The van der Waals surface area contributed by atoms with E-state index >= 15 is 0 Å². The Labute approximate surface area is 114 Å². The van der Waals surface area contributed by atoms with Crippen LogP contribution in [0.1, 0.15) is 5.56 Å². The summed E-state index contributed by atoms with van der Waals surface area (Å²) in [5.41, 5.74) is 6.72. The van der Waals surface area contributed by atoms with Gasteiger partial charge in [0.1, 0.15) is 14.7 Å². The third-order valence-corrected chi connectivity index (χ3v) is 5.49. The van der Waals surface area contributed by atoms with E-state index in [9.17, 15) is 16.8 Å². The first-order valence-corrected chi connectivity index (χ1v) is 9.04. The average molecular weight is 306 g/mol. The molecule has 2 N–H and O–H groups in total. The molecule has 8 heteroatoms. The molecule has 0 radical (unpaired) electrons. The number of nitrogen functional groups attached to an aromatic ring is 1. The van der Waals surface area contributed by atoms with Gasteiger partial charge in [-0.15, -0.1) is 0 Å². The van der Waals surface area contributed by atoms with Gasteiger partial charge in [0.25, 0.3) is 0 Å². The van der Waals surface area contributed by atoms with Crippen molar-refractivity contribution in [2.24, 2.45) is 0 Å². The maximum absolute atomic E-state index is 12.2. The molecule has 0 bridgehead atoms.